The lowest BCUT2D eigenvalue weighted by Crippen LogP contribution is -2.58. The normalized spacial score (nSPS) is 31.1. The summed E-state index contributed by atoms with van der Waals surface area (Å²) >= 11 is 0. The molecular weight excluding hydrogens is 228 g/mol. The molecule has 0 bridgehead atoms. The SMILES string of the molecule is CC1(C(=O)NS(=O)(=O)C2CC2)CCCCN1. The number of hydrogen-bond acceptors (Lipinski definition) is 4. The van der Waals surface area contributed by atoms with Crippen LogP contribution in [0.4, 0.5) is 0 Å². The topological polar surface area (TPSA) is 75.3 Å². The highest BCUT2D eigenvalue weighted by Crippen LogP contribution is 2.28. The Bertz CT molecular complexity index is 381. The summed E-state index contributed by atoms with van der Waals surface area (Å²) in [5.74, 6) is -0.404. The van der Waals surface area contributed by atoms with Crippen LogP contribution >= 0.6 is 0 Å². The Morgan fingerprint density at radius 2 is 2.06 bits per heavy atom. The van der Waals surface area contributed by atoms with E-state index < -0.39 is 21.5 Å². The minimum atomic E-state index is -3.41. The largest absolute Gasteiger partial charge is 0.304 e. The third-order valence-electron chi connectivity index (χ3n) is 3.32. The second-order valence-electron chi connectivity index (χ2n) is 4.89. The zero-order valence-corrected chi connectivity index (χ0v) is 10.3. The van der Waals surface area contributed by atoms with E-state index in [1.165, 1.54) is 0 Å². The number of hydrogen-bond donors (Lipinski definition) is 2. The standard InChI is InChI=1S/C10H18N2O3S/c1-10(6-2-3-7-11-10)9(13)12-16(14,15)8-4-5-8/h8,11H,2-7H2,1H3,(H,12,13). The Balaban J connectivity index is 2.01. The van der Waals surface area contributed by atoms with Crippen molar-refractivity contribution in [3.05, 3.63) is 0 Å². The Hall–Kier alpha value is -0.620. The van der Waals surface area contributed by atoms with Crippen molar-refractivity contribution >= 4 is 15.9 Å². The molecule has 92 valence electrons. The van der Waals surface area contributed by atoms with Gasteiger partial charge in [0.25, 0.3) is 5.91 Å². The molecule has 6 heteroatoms. The molecule has 2 fully saturated rings. The minimum absolute atomic E-state index is 0.344. The zero-order valence-electron chi connectivity index (χ0n) is 9.45. The average molecular weight is 246 g/mol. The van der Waals surface area contributed by atoms with Gasteiger partial charge in [0.2, 0.25) is 10.0 Å². The van der Waals surface area contributed by atoms with Crippen LogP contribution in [0.3, 0.4) is 0 Å². The molecule has 1 saturated heterocycles. The summed E-state index contributed by atoms with van der Waals surface area (Å²) in [6, 6.07) is 0. The van der Waals surface area contributed by atoms with Crippen LogP contribution in [0.5, 0.6) is 0 Å². The fourth-order valence-corrected chi connectivity index (χ4v) is 3.36. The first-order valence-electron chi connectivity index (χ1n) is 5.75. The van der Waals surface area contributed by atoms with Crippen LogP contribution in [0.1, 0.15) is 39.0 Å². The van der Waals surface area contributed by atoms with Crippen LogP contribution in [-0.4, -0.2) is 31.7 Å². The number of rotatable bonds is 3. The Kier molecular flexibility index (Phi) is 2.96. The molecule has 1 saturated carbocycles. The maximum absolute atomic E-state index is 11.9. The van der Waals surface area contributed by atoms with Gasteiger partial charge in [-0.05, 0) is 45.6 Å². The van der Waals surface area contributed by atoms with Crippen molar-refractivity contribution in [3.63, 3.8) is 0 Å². The molecule has 0 spiro atoms. The summed E-state index contributed by atoms with van der Waals surface area (Å²) in [6.07, 6.45) is 4.04. The lowest BCUT2D eigenvalue weighted by atomic mass is 9.90. The molecule has 2 rings (SSSR count). The van der Waals surface area contributed by atoms with E-state index in [9.17, 15) is 13.2 Å². The van der Waals surface area contributed by atoms with Gasteiger partial charge in [-0.1, -0.05) is 0 Å². The van der Waals surface area contributed by atoms with Crippen molar-refractivity contribution in [2.45, 2.75) is 49.8 Å². The van der Waals surface area contributed by atoms with E-state index in [1.54, 1.807) is 6.92 Å². The summed E-state index contributed by atoms with van der Waals surface area (Å²) in [5.41, 5.74) is -0.722. The summed E-state index contributed by atoms with van der Waals surface area (Å²) < 4.78 is 25.5. The fraction of sp³-hybridized carbons (Fsp3) is 0.900. The van der Waals surface area contributed by atoms with E-state index in [1.807, 2.05) is 0 Å². The predicted octanol–water partition coefficient (Wildman–Crippen LogP) is 0.127. The Morgan fingerprint density at radius 1 is 1.38 bits per heavy atom. The van der Waals surface area contributed by atoms with Crippen LogP contribution < -0.4 is 10.0 Å². The first kappa shape index (κ1) is 11.9. The molecule has 2 N–H and O–H groups in total. The molecule has 1 aliphatic heterocycles. The van der Waals surface area contributed by atoms with Crippen LogP contribution in [-0.2, 0) is 14.8 Å². The Morgan fingerprint density at radius 3 is 2.56 bits per heavy atom. The molecule has 2 aliphatic rings. The molecule has 0 aromatic heterocycles. The third-order valence-corrected chi connectivity index (χ3v) is 5.14. The van der Waals surface area contributed by atoms with Gasteiger partial charge in [-0.25, -0.2) is 8.42 Å². The van der Waals surface area contributed by atoms with E-state index in [2.05, 4.69) is 10.0 Å². The summed E-state index contributed by atoms with van der Waals surface area (Å²) in [6.45, 7) is 2.54. The molecule has 0 radical (unpaired) electrons. The van der Waals surface area contributed by atoms with Crippen molar-refractivity contribution in [1.82, 2.24) is 10.0 Å². The van der Waals surface area contributed by atoms with Gasteiger partial charge in [0, 0.05) is 0 Å². The number of amides is 1. The molecule has 1 amide bonds. The maximum Gasteiger partial charge on any atom is 0.253 e. The number of nitrogens with one attached hydrogen (secondary N) is 2. The van der Waals surface area contributed by atoms with Gasteiger partial charge < -0.3 is 5.32 Å². The van der Waals surface area contributed by atoms with Gasteiger partial charge in [0.05, 0.1) is 10.8 Å². The van der Waals surface area contributed by atoms with Crippen molar-refractivity contribution in [2.75, 3.05) is 6.54 Å². The van der Waals surface area contributed by atoms with Crippen molar-refractivity contribution in [2.24, 2.45) is 0 Å². The monoisotopic (exact) mass is 246 g/mol. The maximum atomic E-state index is 11.9. The van der Waals surface area contributed by atoms with E-state index in [-0.39, 0.29) is 5.25 Å². The van der Waals surface area contributed by atoms with E-state index in [0.29, 0.717) is 19.3 Å². The highest BCUT2D eigenvalue weighted by Gasteiger charge is 2.41. The second kappa shape index (κ2) is 4.00. The van der Waals surface area contributed by atoms with Gasteiger partial charge in [-0.3, -0.25) is 9.52 Å². The highest BCUT2D eigenvalue weighted by atomic mass is 32.2. The summed E-state index contributed by atoms with van der Waals surface area (Å²) in [4.78, 5) is 11.9. The molecule has 1 atom stereocenters. The van der Waals surface area contributed by atoms with E-state index >= 15 is 0 Å². The van der Waals surface area contributed by atoms with Crippen LogP contribution in [0.15, 0.2) is 0 Å². The fourth-order valence-electron chi connectivity index (χ4n) is 1.95. The Labute approximate surface area is 96.0 Å². The molecule has 1 unspecified atom stereocenters. The molecule has 5 nitrogen and oxygen atoms in total. The van der Waals surface area contributed by atoms with Crippen LogP contribution in [0.2, 0.25) is 0 Å². The van der Waals surface area contributed by atoms with Crippen molar-refractivity contribution < 1.29 is 13.2 Å². The molecule has 0 aromatic rings. The van der Waals surface area contributed by atoms with Crippen molar-refractivity contribution in [1.29, 1.82) is 0 Å². The van der Waals surface area contributed by atoms with Crippen LogP contribution in [0, 0.1) is 0 Å². The molecule has 16 heavy (non-hydrogen) atoms. The molecule has 1 heterocycles. The average Bonchev–Trinajstić information content (AvgIpc) is 3.01. The van der Waals surface area contributed by atoms with E-state index in [0.717, 1.165) is 19.4 Å². The van der Waals surface area contributed by atoms with Crippen molar-refractivity contribution in [3.8, 4) is 0 Å². The number of piperidine rings is 1. The molecule has 0 aromatic carbocycles. The first-order chi connectivity index (χ1) is 7.44. The lowest BCUT2D eigenvalue weighted by Gasteiger charge is -2.33. The van der Waals surface area contributed by atoms with Gasteiger partial charge >= 0.3 is 0 Å². The third kappa shape index (κ3) is 2.38. The van der Waals surface area contributed by atoms with Crippen LogP contribution in [0.25, 0.3) is 0 Å². The molecular formula is C10H18N2O3S. The number of sulfonamides is 1. The van der Waals surface area contributed by atoms with Gasteiger partial charge in [-0.2, -0.15) is 0 Å². The zero-order chi connectivity index (χ0) is 11.8. The van der Waals surface area contributed by atoms with Gasteiger partial charge in [0.15, 0.2) is 0 Å². The lowest BCUT2D eigenvalue weighted by molar-refractivity contribution is -0.126. The smallest absolute Gasteiger partial charge is 0.253 e. The predicted molar refractivity (Wildman–Crippen MR) is 60.3 cm³/mol. The second-order valence-corrected chi connectivity index (χ2v) is 6.85. The number of carbonyl (C=O) groups excluding carboxylic acids is 1. The summed E-state index contributed by atoms with van der Waals surface area (Å²) in [7, 11) is -3.41. The van der Waals surface area contributed by atoms with Gasteiger partial charge in [-0.15, -0.1) is 0 Å². The van der Waals surface area contributed by atoms with Gasteiger partial charge in [0.1, 0.15) is 0 Å². The van der Waals surface area contributed by atoms with E-state index in [4.69, 9.17) is 0 Å². The summed E-state index contributed by atoms with van der Waals surface area (Å²) in [5, 5.41) is 2.76. The number of carbonyl (C=O) groups is 1. The first-order valence-corrected chi connectivity index (χ1v) is 7.30. The molecule has 1 aliphatic carbocycles. The quantitative estimate of drug-likeness (QED) is 0.742. The minimum Gasteiger partial charge on any atom is -0.304 e. The highest BCUT2D eigenvalue weighted by molar-refractivity contribution is 7.90.